The van der Waals surface area contributed by atoms with Crippen LogP contribution in [0.3, 0.4) is 0 Å². The van der Waals surface area contributed by atoms with Crippen LogP contribution >= 0.6 is 7.82 Å². The van der Waals surface area contributed by atoms with Crippen molar-refractivity contribution >= 4 is 30.9 Å². The van der Waals surface area contributed by atoms with Gasteiger partial charge in [-0.25, -0.2) is 14.3 Å². The summed E-state index contributed by atoms with van der Waals surface area (Å²) in [5.74, 6) is -0.597. The molecule has 0 radical (unpaired) electrons. The Balaban J connectivity index is 1.67. The first kappa shape index (κ1) is 25.8. The number of hydrogen-bond acceptors (Lipinski definition) is 12. The maximum atomic E-state index is 12.8. The highest BCUT2D eigenvalue weighted by Crippen LogP contribution is 2.43. The number of esters is 1. The van der Waals surface area contributed by atoms with E-state index in [1.807, 2.05) is 0 Å². The Bertz CT molecular complexity index is 1340. The Morgan fingerprint density at radius 3 is 2.69 bits per heavy atom. The van der Waals surface area contributed by atoms with Crippen LogP contribution in [0, 0.1) is 0 Å². The number of H-pyrrole nitrogens is 1. The molecule has 1 saturated heterocycles. The predicted octanol–water partition coefficient (Wildman–Crippen LogP) is -1.47. The van der Waals surface area contributed by atoms with Crippen molar-refractivity contribution in [1.82, 2.24) is 24.5 Å². The molecule has 0 aromatic carbocycles. The second kappa shape index (κ2) is 10.0. The highest BCUT2D eigenvalue weighted by Gasteiger charge is 2.49. The Hall–Kier alpha value is -3.24. The third-order valence-electron chi connectivity index (χ3n) is 5.32. The molecule has 0 unspecified atom stereocenters. The number of aromatic nitrogens is 5. The lowest BCUT2D eigenvalue weighted by molar-refractivity contribution is -0.246. The number of nitrogens with zero attached hydrogens (tertiary/aromatic N) is 5. The molecule has 1 aliphatic heterocycles. The fraction of sp³-hybridized carbons (Fsp3) is 0.421. The van der Waals surface area contributed by atoms with E-state index in [9.17, 15) is 34.2 Å². The van der Waals surface area contributed by atoms with E-state index in [0.717, 1.165) is 10.9 Å². The van der Waals surface area contributed by atoms with Crippen molar-refractivity contribution in [1.29, 1.82) is 0 Å². The van der Waals surface area contributed by atoms with E-state index in [4.69, 9.17) is 9.47 Å². The first-order valence-electron chi connectivity index (χ1n) is 10.4. The van der Waals surface area contributed by atoms with Crippen LogP contribution in [0.1, 0.15) is 16.6 Å². The van der Waals surface area contributed by atoms with Crippen LogP contribution in [0.25, 0.3) is 11.2 Å². The first-order valence-corrected chi connectivity index (χ1v) is 12.0. The van der Waals surface area contributed by atoms with Gasteiger partial charge in [-0.1, -0.05) is 0 Å². The van der Waals surface area contributed by atoms with Crippen molar-refractivity contribution < 1.29 is 43.4 Å². The summed E-state index contributed by atoms with van der Waals surface area (Å²) in [6, 6.07) is 2.95. The molecule has 3 aromatic heterocycles. The van der Waals surface area contributed by atoms with Gasteiger partial charge in [0.05, 0.1) is 5.56 Å². The summed E-state index contributed by atoms with van der Waals surface area (Å²) in [4.78, 5) is 59.8. The molecule has 0 spiro atoms. The van der Waals surface area contributed by atoms with Gasteiger partial charge in [0.1, 0.15) is 37.4 Å². The van der Waals surface area contributed by atoms with Gasteiger partial charge in [0.15, 0.2) is 17.4 Å². The number of ether oxygens (including phenoxy) is 2. The number of aliphatic hydroxyl groups excluding tert-OH is 2. The van der Waals surface area contributed by atoms with Gasteiger partial charge in [0.25, 0.3) is 5.56 Å². The van der Waals surface area contributed by atoms with Crippen LogP contribution in [0.15, 0.2) is 35.6 Å². The average Bonchev–Trinajstić information content (AvgIpc) is 3.25. The van der Waals surface area contributed by atoms with Gasteiger partial charge in [-0.2, -0.15) is 4.98 Å². The quantitative estimate of drug-likeness (QED) is 0.175. The number of phosphoric acid groups is 1. The van der Waals surface area contributed by atoms with Gasteiger partial charge >= 0.3 is 13.8 Å². The van der Waals surface area contributed by atoms with E-state index >= 15 is 0 Å². The second-order valence-corrected chi connectivity index (χ2v) is 9.25. The van der Waals surface area contributed by atoms with Crippen molar-refractivity contribution in [3.05, 3.63) is 46.8 Å². The number of fused-ring (bicyclic) bond motifs is 1. The van der Waals surface area contributed by atoms with Crippen molar-refractivity contribution in [3.63, 3.8) is 0 Å². The molecule has 1 fully saturated rings. The van der Waals surface area contributed by atoms with E-state index in [0.29, 0.717) is 0 Å². The van der Waals surface area contributed by atoms with Gasteiger partial charge in [-0.15, -0.1) is 0 Å². The molecule has 36 heavy (non-hydrogen) atoms. The summed E-state index contributed by atoms with van der Waals surface area (Å²) < 4.78 is 28.2. The molecular formula is C19H23N6O10P. The molecule has 0 aliphatic carbocycles. The van der Waals surface area contributed by atoms with Crippen LogP contribution in [0.5, 0.6) is 0 Å². The molecule has 3 aromatic rings. The smallest absolute Gasteiger partial charge is 0.459 e. The molecular weight excluding hydrogens is 503 g/mol. The molecule has 194 valence electrons. The standard InChI is InChI=1S/C19H23N6O10P/c1-24(2)19-22-15-11(16(28)23-19)25(8-21-15)17-13(27)14(35-36(30,31)32)12(26)10(34-17)7-33-18(29)9-4-3-5-20-6-9/h3-6,8,10,12-14,17,26-27H,7H2,1-2H3,(H,22,23,28)(H2,30,31,32)/t10-,12-,13-,14+,17-/m1/s1. The highest BCUT2D eigenvalue weighted by atomic mass is 31.2. The molecule has 1 aliphatic rings. The van der Waals surface area contributed by atoms with E-state index in [1.54, 1.807) is 19.0 Å². The maximum Gasteiger partial charge on any atom is 0.470 e. The molecule has 5 atom stereocenters. The third-order valence-corrected chi connectivity index (χ3v) is 5.84. The summed E-state index contributed by atoms with van der Waals surface area (Å²) in [6.07, 6.45) is -4.74. The minimum absolute atomic E-state index is 0.00335. The van der Waals surface area contributed by atoms with Gasteiger partial charge in [0, 0.05) is 26.5 Å². The fourth-order valence-electron chi connectivity index (χ4n) is 3.64. The van der Waals surface area contributed by atoms with E-state index < -0.39 is 56.6 Å². The fourth-order valence-corrected chi connectivity index (χ4v) is 4.20. The van der Waals surface area contributed by atoms with Gasteiger partial charge in [-0.05, 0) is 12.1 Å². The Morgan fingerprint density at radius 1 is 1.31 bits per heavy atom. The lowest BCUT2D eigenvalue weighted by atomic mass is 9.98. The van der Waals surface area contributed by atoms with Crippen LogP contribution in [-0.2, 0) is 18.6 Å². The largest absolute Gasteiger partial charge is 0.470 e. The number of pyridine rings is 1. The van der Waals surface area contributed by atoms with Gasteiger partial charge in [0.2, 0.25) is 5.95 Å². The molecule has 5 N–H and O–H groups in total. The lowest BCUT2D eigenvalue weighted by Crippen LogP contribution is -2.57. The molecule has 0 bridgehead atoms. The van der Waals surface area contributed by atoms with Crippen molar-refractivity contribution in [2.24, 2.45) is 0 Å². The number of anilines is 1. The summed E-state index contributed by atoms with van der Waals surface area (Å²) >= 11 is 0. The topological polar surface area (TPSA) is 222 Å². The number of imidazole rings is 1. The molecule has 17 heteroatoms. The predicted molar refractivity (Wildman–Crippen MR) is 120 cm³/mol. The number of hydrogen-bond donors (Lipinski definition) is 5. The number of nitrogens with one attached hydrogen (secondary N) is 1. The van der Waals surface area contributed by atoms with E-state index in [2.05, 4.69) is 24.5 Å². The summed E-state index contributed by atoms with van der Waals surface area (Å²) in [7, 11) is -1.90. The van der Waals surface area contributed by atoms with Crippen LogP contribution in [-0.4, -0.2) is 95.6 Å². The van der Waals surface area contributed by atoms with E-state index in [1.165, 1.54) is 24.5 Å². The summed E-state index contributed by atoms with van der Waals surface area (Å²) in [6.45, 7) is -0.592. The Labute approximate surface area is 202 Å². The molecule has 16 nitrogen and oxygen atoms in total. The number of carbonyl (C=O) groups excluding carboxylic acids is 1. The number of aliphatic hydroxyl groups is 2. The van der Waals surface area contributed by atoms with Crippen LogP contribution < -0.4 is 10.5 Å². The zero-order chi connectivity index (χ0) is 26.2. The normalized spacial score (nSPS) is 24.6. The Kier molecular flexibility index (Phi) is 7.19. The SMILES string of the molecule is CN(C)c1nc2ncn([C@@H]3O[C@H](COC(=O)c4cccnc4)[C@@H](O)[C@H](OP(=O)(O)O)[C@H]3O)c2c(=O)[nH]1. The monoisotopic (exact) mass is 526 g/mol. The Morgan fingerprint density at radius 2 is 2.06 bits per heavy atom. The molecule has 0 amide bonds. The van der Waals surface area contributed by atoms with Crippen molar-refractivity contribution in [2.75, 3.05) is 25.6 Å². The maximum absolute atomic E-state index is 12.8. The molecule has 0 saturated carbocycles. The average molecular weight is 526 g/mol. The van der Waals surface area contributed by atoms with E-state index in [-0.39, 0.29) is 22.7 Å². The molecule has 4 heterocycles. The van der Waals surface area contributed by atoms with Crippen molar-refractivity contribution in [3.8, 4) is 0 Å². The zero-order valence-electron chi connectivity index (χ0n) is 18.9. The first-order chi connectivity index (χ1) is 17.0. The van der Waals surface area contributed by atoms with Crippen molar-refractivity contribution in [2.45, 2.75) is 30.6 Å². The third kappa shape index (κ3) is 5.29. The number of phosphoric ester groups is 1. The zero-order valence-corrected chi connectivity index (χ0v) is 19.8. The van der Waals surface area contributed by atoms with Gasteiger partial charge < -0.3 is 34.4 Å². The number of aromatic amines is 1. The molecule has 4 rings (SSSR count). The minimum atomic E-state index is -5.20. The second-order valence-electron chi connectivity index (χ2n) is 8.06. The highest BCUT2D eigenvalue weighted by molar-refractivity contribution is 7.46. The number of carbonyl (C=O) groups is 1. The summed E-state index contributed by atoms with van der Waals surface area (Å²) in [5, 5.41) is 21.5. The number of rotatable bonds is 7. The summed E-state index contributed by atoms with van der Waals surface area (Å²) in [5.41, 5.74) is -0.661. The lowest BCUT2D eigenvalue weighted by Gasteiger charge is -2.42. The van der Waals surface area contributed by atoms with Gasteiger partial charge in [-0.3, -0.25) is 23.9 Å². The van der Waals surface area contributed by atoms with Crippen LogP contribution in [0.2, 0.25) is 0 Å². The van der Waals surface area contributed by atoms with Crippen LogP contribution in [0.4, 0.5) is 5.95 Å². The minimum Gasteiger partial charge on any atom is -0.459 e.